The maximum absolute atomic E-state index is 5.13. The van der Waals surface area contributed by atoms with Crippen LogP contribution in [0.1, 0.15) is 5.69 Å². The molecule has 0 atom stereocenters. The third kappa shape index (κ3) is 1.91. The van der Waals surface area contributed by atoms with E-state index in [-0.39, 0.29) is 0 Å². The SMILES string of the molecule is Cc1cc(-c2cccc3ccncc23)nc(=S)[nH]1. The van der Waals surface area contributed by atoms with E-state index >= 15 is 0 Å². The van der Waals surface area contributed by atoms with Crippen molar-refractivity contribution in [1.29, 1.82) is 0 Å². The average molecular weight is 253 g/mol. The fourth-order valence-electron chi connectivity index (χ4n) is 2.05. The first-order chi connectivity index (χ1) is 8.74. The zero-order valence-electron chi connectivity index (χ0n) is 9.84. The van der Waals surface area contributed by atoms with Gasteiger partial charge in [0.2, 0.25) is 0 Å². The maximum atomic E-state index is 5.13. The molecule has 3 nitrogen and oxygen atoms in total. The fraction of sp³-hybridized carbons (Fsp3) is 0.0714. The molecular weight excluding hydrogens is 242 g/mol. The summed E-state index contributed by atoms with van der Waals surface area (Å²) in [6.45, 7) is 1.98. The molecule has 0 bridgehead atoms. The minimum Gasteiger partial charge on any atom is -0.335 e. The number of benzene rings is 1. The molecule has 2 heterocycles. The number of nitrogens with zero attached hydrogens (tertiary/aromatic N) is 2. The molecule has 0 aliphatic heterocycles. The summed E-state index contributed by atoms with van der Waals surface area (Å²) < 4.78 is 0.505. The van der Waals surface area contributed by atoms with Crippen LogP contribution in [-0.4, -0.2) is 15.0 Å². The van der Waals surface area contributed by atoms with E-state index in [2.05, 4.69) is 21.0 Å². The zero-order chi connectivity index (χ0) is 12.5. The van der Waals surface area contributed by atoms with Crippen LogP contribution in [-0.2, 0) is 0 Å². The summed E-state index contributed by atoms with van der Waals surface area (Å²) in [7, 11) is 0. The Balaban J connectivity index is 2.34. The molecule has 3 aromatic rings. The molecule has 0 spiro atoms. The van der Waals surface area contributed by atoms with Crippen LogP contribution in [0.25, 0.3) is 22.0 Å². The highest BCUT2D eigenvalue weighted by atomic mass is 32.1. The minimum atomic E-state index is 0.505. The Morgan fingerprint density at radius 3 is 2.94 bits per heavy atom. The Labute approximate surface area is 110 Å². The molecule has 88 valence electrons. The van der Waals surface area contributed by atoms with Crippen molar-refractivity contribution in [1.82, 2.24) is 15.0 Å². The van der Waals surface area contributed by atoms with Gasteiger partial charge in [0.1, 0.15) is 0 Å². The summed E-state index contributed by atoms with van der Waals surface area (Å²) in [6.07, 6.45) is 3.66. The second-order valence-corrected chi connectivity index (χ2v) is 4.54. The number of nitrogens with one attached hydrogen (secondary N) is 1. The molecule has 0 aliphatic rings. The van der Waals surface area contributed by atoms with Crippen LogP contribution in [0.5, 0.6) is 0 Å². The zero-order valence-corrected chi connectivity index (χ0v) is 10.7. The van der Waals surface area contributed by atoms with Gasteiger partial charge in [-0.2, -0.15) is 0 Å². The van der Waals surface area contributed by atoms with Crippen LogP contribution in [0.2, 0.25) is 0 Å². The van der Waals surface area contributed by atoms with E-state index in [1.165, 1.54) is 0 Å². The Bertz CT molecular complexity index is 772. The van der Waals surface area contributed by atoms with Gasteiger partial charge in [-0.05, 0) is 36.7 Å². The fourth-order valence-corrected chi connectivity index (χ4v) is 2.31. The first-order valence-electron chi connectivity index (χ1n) is 5.65. The number of aromatic amines is 1. The summed E-state index contributed by atoms with van der Waals surface area (Å²) in [5.41, 5.74) is 2.95. The van der Waals surface area contributed by atoms with Crippen molar-refractivity contribution >= 4 is 23.0 Å². The van der Waals surface area contributed by atoms with Gasteiger partial charge in [0.25, 0.3) is 0 Å². The maximum Gasteiger partial charge on any atom is 0.197 e. The third-order valence-corrected chi connectivity index (χ3v) is 3.03. The van der Waals surface area contributed by atoms with Crippen LogP contribution < -0.4 is 0 Å². The van der Waals surface area contributed by atoms with Gasteiger partial charge in [0, 0.05) is 29.0 Å². The van der Waals surface area contributed by atoms with Crippen molar-refractivity contribution in [3.8, 4) is 11.3 Å². The van der Waals surface area contributed by atoms with E-state index in [1.807, 2.05) is 37.4 Å². The lowest BCUT2D eigenvalue weighted by Gasteiger charge is -2.06. The van der Waals surface area contributed by atoms with Gasteiger partial charge in [-0.25, -0.2) is 4.98 Å². The van der Waals surface area contributed by atoms with Crippen LogP contribution in [0.4, 0.5) is 0 Å². The van der Waals surface area contributed by atoms with Crippen molar-refractivity contribution in [2.45, 2.75) is 6.92 Å². The molecular formula is C14H11N3S. The lowest BCUT2D eigenvalue weighted by atomic mass is 10.0. The molecule has 0 fully saturated rings. The van der Waals surface area contributed by atoms with Gasteiger partial charge >= 0.3 is 0 Å². The molecule has 1 N–H and O–H groups in total. The molecule has 1 aromatic carbocycles. The molecule has 0 saturated heterocycles. The molecule has 3 rings (SSSR count). The second kappa shape index (κ2) is 4.31. The van der Waals surface area contributed by atoms with Crippen molar-refractivity contribution in [3.05, 3.63) is 53.2 Å². The van der Waals surface area contributed by atoms with Gasteiger partial charge in [-0.1, -0.05) is 18.2 Å². The predicted octanol–water partition coefficient (Wildman–Crippen LogP) is 3.66. The lowest BCUT2D eigenvalue weighted by molar-refractivity contribution is 1.08. The van der Waals surface area contributed by atoms with Crippen LogP contribution >= 0.6 is 12.2 Å². The normalized spacial score (nSPS) is 10.7. The van der Waals surface area contributed by atoms with Gasteiger partial charge in [-0.3, -0.25) is 4.98 Å². The first kappa shape index (κ1) is 11.0. The van der Waals surface area contributed by atoms with Crippen molar-refractivity contribution in [2.24, 2.45) is 0 Å². The van der Waals surface area contributed by atoms with Gasteiger partial charge in [-0.15, -0.1) is 0 Å². The van der Waals surface area contributed by atoms with E-state index in [9.17, 15) is 0 Å². The highest BCUT2D eigenvalue weighted by molar-refractivity contribution is 7.71. The van der Waals surface area contributed by atoms with E-state index in [1.54, 1.807) is 6.20 Å². The Morgan fingerprint density at radius 2 is 2.11 bits per heavy atom. The van der Waals surface area contributed by atoms with Crippen LogP contribution in [0, 0.1) is 11.7 Å². The van der Waals surface area contributed by atoms with Gasteiger partial charge in [0.05, 0.1) is 5.69 Å². The second-order valence-electron chi connectivity index (χ2n) is 4.16. The Morgan fingerprint density at radius 1 is 1.22 bits per heavy atom. The highest BCUT2D eigenvalue weighted by Crippen LogP contribution is 2.26. The number of aromatic nitrogens is 3. The highest BCUT2D eigenvalue weighted by Gasteiger charge is 2.05. The lowest BCUT2D eigenvalue weighted by Crippen LogP contribution is -1.91. The monoisotopic (exact) mass is 253 g/mol. The molecule has 0 amide bonds. The largest absolute Gasteiger partial charge is 0.335 e. The topological polar surface area (TPSA) is 41.6 Å². The number of fused-ring (bicyclic) bond motifs is 1. The third-order valence-electron chi connectivity index (χ3n) is 2.84. The van der Waals surface area contributed by atoms with Crippen molar-refractivity contribution in [2.75, 3.05) is 0 Å². The number of hydrogen-bond acceptors (Lipinski definition) is 3. The summed E-state index contributed by atoms with van der Waals surface area (Å²) in [5.74, 6) is 0. The summed E-state index contributed by atoms with van der Waals surface area (Å²) in [4.78, 5) is 11.6. The number of hydrogen-bond donors (Lipinski definition) is 1. The first-order valence-corrected chi connectivity index (χ1v) is 6.06. The molecule has 0 unspecified atom stereocenters. The predicted molar refractivity (Wildman–Crippen MR) is 74.9 cm³/mol. The molecule has 0 aliphatic carbocycles. The Kier molecular flexibility index (Phi) is 2.64. The Hall–Kier alpha value is -2.07. The van der Waals surface area contributed by atoms with E-state index < -0.39 is 0 Å². The average Bonchev–Trinajstić information content (AvgIpc) is 2.37. The van der Waals surface area contributed by atoms with Crippen molar-refractivity contribution in [3.63, 3.8) is 0 Å². The number of aryl methyl sites for hydroxylation is 1. The molecule has 0 saturated carbocycles. The van der Waals surface area contributed by atoms with Gasteiger partial charge < -0.3 is 4.98 Å². The summed E-state index contributed by atoms with van der Waals surface area (Å²) in [6, 6.07) is 10.1. The molecule has 0 radical (unpaired) electrons. The summed E-state index contributed by atoms with van der Waals surface area (Å²) in [5, 5.41) is 2.24. The van der Waals surface area contributed by atoms with E-state index in [0.29, 0.717) is 4.77 Å². The quantitative estimate of drug-likeness (QED) is 0.673. The molecule has 18 heavy (non-hydrogen) atoms. The number of pyridine rings is 1. The van der Waals surface area contributed by atoms with Crippen LogP contribution in [0.3, 0.4) is 0 Å². The van der Waals surface area contributed by atoms with Crippen LogP contribution in [0.15, 0.2) is 42.7 Å². The minimum absolute atomic E-state index is 0.505. The number of H-pyrrole nitrogens is 1. The number of rotatable bonds is 1. The van der Waals surface area contributed by atoms with E-state index in [0.717, 1.165) is 27.7 Å². The van der Waals surface area contributed by atoms with Gasteiger partial charge in [0.15, 0.2) is 4.77 Å². The standard InChI is InChI=1S/C14H11N3S/c1-9-7-13(17-14(18)16-9)11-4-2-3-10-5-6-15-8-12(10)11/h2-8H,1H3,(H,16,17,18). The molecule has 2 aromatic heterocycles. The summed E-state index contributed by atoms with van der Waals surface area (Å²) >= 11 is 5.13. The molecule has 4 heteroatoms. The van der Waals surface area contributed by atoms with Crippen molar-refractivity contribution < 1.29 is 0 Å². The van der Waals surface area contributed by atoms with E-state index in [4.69, 9.17) is 12.2 Å². The smallest absolute Gasteiger partial charge is 0.197 e.